The highest BCUT2D eigenvalue weighted by molar-refractivity contribution is 6.30. The first-order valence-electron chi connectivity index (χ1n) is 4.34. The maximum atomic E-state index is 13.7. The summed E-state index contributed by atoms with van der Waals surface area (Å²) >= 11 is 5.62. The van der Waals surface area contributed by atoms with Crippen LogP contribution in [0.25, 0.3) is 21.9 Å². The van der Waals surface area contributed by atoms with Crippen LogP contribution in [0.2, 0.25) is 5.15 Å². The quantitative estimate of drug-likeness (QED) is 0.593. The van der Waals surface area contributed by atoms with E-state index in [1.165, 1.54) is 6.20 Å². The zero-order valence-electron chi connectivity index (χ0n) is 7.46. The number of halogens is 2. The molecule has 0 fully saturated rings. The Hall–Kier alpha value is -1.68. The highest BCUT2D eigenvalue weighted by Crippen LogP contribution is 2.28. The van der Waals surface area contributed by atoms with Gasteiger partial charge < -0.3 is 4.98 Å². The Balaban J connectivity index is 2.63. The second-order valence-corrected chi connectivity index (χ2v) is 3.53. The smallest absolute Gasteiger partial charge is 0.170 e. The zero-order valence-corrected chi connectivity index (χ0v) is 8.22. The van der Waals surface area contributed by atoms with Crippen LogP contribution in [-0.4, -0.2) is 15.0 Å². The summed E-state index contributed by atoms with van der Waals surface area (Å²) in [6.45, 7) is 0. The second kappa shape index (κ2) is 2.90. The molecule has 0 saturated carbocycles. The fourth-order valence-electron chi connectivity index (χ4n) is 1.66. The van der Waals surface area contributed by atoms with Gasteiger partial charge in [-0.2, -0.15) is 0 Å². The molecular weight excluding hydrogens is 217 g/mol. The van der Waals surface area contributed by atoms with Crippen LogP contribution in [0.5, 0.6) is 0 Å². The normalized spacial score (nSPS) is 11.3. The van der Waals surface area contributed by atoms with E-state index in [-0.39, 0.29) is 5.15 Å². The lowest BCUT2D eigenvalue weighted by molar-refractivity contribution is 0.635. The Labute approximate surface area is 88.9 Å². The number of fused-ring (bicyclic) bond motifs is 3. The molecule has 0 amide bonds. The lowest BCUT2D eigenvalue weighted by atomic mass is 10.2. The van der Waals surface area contributed by atoms with Gasteiger partial charge in [-0.1, -0.05) is 11.6 Å². The van der Waals surface area contributed by atoms with Crippen molar-refractivity contribution in [3.8, 4) is 0 Å². The molecule has 0 aliphatic carbocycles. The van der Waals surface area contributed by atoms with Crippen molar-refractivity contribution in [1.29, 1.82) is 0 Å². The molecule has 0 aliphatic rings. The fourth-order valence-corrected chi connectivity index (χ4v) is 1.80. The van der Waals surface area contributed by atoms with E-state index >= 15 is 0 Å². The molecule has 3 heterocycles. The van der Waals surface area contributed by atoms with E-state index in [0.29, 0.717) is 21.9 Å². The predicted octanol–water partition coefficient (Wildman–Crippen LogP) is 2.90. The predicted molar refractivity (Wildman–Crippen MR) is 56.4 cm³/mol. The van der Waals surface area contributed by atoms with Crippen molar-refractivity contribution >= 4 is 33.5 Å². The van der Waals surface area contributed by atoms with Gasteiger partial charge in [0, 0.05) is 17.0 Å². The van der Waals surface area contributed by atoms with Crippen LogP contribution in [0.1, 0.15) is 0 Å². The minimum atomic E-state index is -0.506. The van der Waals surface area contributed by atoms with Gasteiger partial charge in [-0.25, -0.2) is 14.4 Å². The summed E-state index contributed by atoms with van der Waals surface area (Å²) < 4.78 is 13.7. The fraction of sp³-hybridized carbons (Fsp3) is 0. The monoisotopic (exact) mass is 221 g/mol. The topological polar surface area (TPSA) is 41.6 Å². The second-order valence-electron chi connectivity index (χ2n) is 3.18. The summed E-state index contributed by atoms with van der Waals surface area (Å²) in [6.07, 6.45) is 3.15. The number of H-pyrrole nitrogens is 1. The molecule has 3 rings (SSSR count). The van der Waals surface area contributed by atoms with E-state index in [4.69, 9.17) is 11.6 Å². The van der Waals surface area contributed by atoms with Crippen LogP contribution in [-0.2, 0) is 0 Å². The minimum absolute atomic E-state index is 0.118. The first kappa shape index (κ1) is 8.61. The Morgan fingerprint density at radius 1 is 1.33 bits per heavy atom. The number of pyridine rings is 2. The zero-order chi connectivity index (χ0) is 10.4. The van der Waals surface area contributed by atoms with E-state index in [9.17, 15) is 4.39 Å². The van der Waals surface area contributed by atoms with Gasteiger partial charge in [-0.15, -0.1) is 0 Å². The average Bonchev–Trinajstić information content (AvgIpc) is 2.62. The van der Waals surface area contributed by atoms with Gasteiger partial charge in [0.1, 0.15) is 5.65 Å². The third kappa shape index (κ3) is 1.11. The number of nitrogens with one attached hydrogen (secondary N) is 1. The summed E-state index contributed by atoms with van der Waals surface area (Å²) in [7, 11) is 0. The van der Waals surface area contributed by atoms with Crippen molar-refractivity contribution in [2.75, 3.05) is 0 Å². The van der Waals surface area contributed by atoms with Crippen LogP contribution in [0.3, 0.4) is 0 Å². The molecule has 0 atom stereocenters. The van der Waals surface area contributed by atoms with Crippen LogP contribution in [0.15, 0.2) is 24.5 Å². The van der Waals surface area contributed by atoms with Crippen molar-refractivity contribution in [2.45, 2.75) is 0 Å². The van der Waals surface area contributed by atoms with E-state index < -0.39 is 5.82 Å². The Morgan fingerprint density at radius 2 is 2.20 bits per heavy atom. The Kier molecular flexibility index (Phi) is 1.67. The largest absolute Gasteiger partial charge is 0.338 e. The van der Waals surface area contributed by atoms with Crippen LogP contribution >= 0.6 is 11.6 Å². The molecule has 74 valence electrons. The SMILES string of the molecule is Fc1c(Cl)ncc2[nH]c3ncccc3c12. The maximum absolute atomic E-state index is 13.7. The number of aromatic nitrogens is 3. The molecule has 3 aromatic heterocycles. The highest BCUT2D eigenvalue weighted by atomic mass is 35.5. The lowest BCUT2D eigenvalue weighted by Gasteiger charge is -1.94. The van der Waals surface area contributed by atoms with Gasteiger partial charge in [-0.3, -0.25) is 0 Å². The third-order valence-corrected chi connectivity index (χ3v) is 2.57. The first-order chi connectivity index (χ1) is 7.27. The molecule has 3 aromatic rings. The summed E-state index contributed by atoms with van der Waals surface area (Å²) in [5, 5.41) is 1.04. The van der Waals surface area contributed by atoms with Gasteiger partial charge in [0.2, 0.25) is 0 Å². The molecule has 0 saturated heterocycles. The number of rotatable bonds is 0. The Morgan fingerprint density at radius 3 is 3.07 bits per heavy atom. The molecule has 0 spiro atoms. The van der Waals surface area contributed by atoms with Crippen LogP contribution in [0, 0.1) is 5.82 Å². The molecule has 0 aliphatic heterocycles. The van der Waals surface area contributed by atoms with Gasteiger partial charge in [-0.05, 0) is 12.1 Å². The summed E-state index contributed by atoms with van der Waals surface area (Å²) in [6, 6.07) is 3.55. The molecule has 0 radical (unpaired) electrons. The van der Waals surface area contributed by atoms with Crippen LogP contribution < -0.4 is 0 Å². The molecule has 0 unspecified atom stereocenters. The molecule has 15 heavy (non-hydrogen) atoms. The van der Waals surface area contributed by atoms with Crippen LogP contribution in [0.4, 0.5) is 4.39 Å². The maximum Gasteiger partial charge on any atom is 0.170 e. The molecular formula is C10H5ClFN3. The summed E-state index contributed by atoms with van der Waals surface area (Å²) in [4.78, 5) is 10.8. The van der Waals surface area contributed by atoms with Gasteiger partial charge in [0.05, 0.1) is 11.7 Å². The van der Waals surface area contributed by atoms with Crippen molar-refractivity contribution in [1.82, 2.24) is 15.0 Å². The van der Waals surface area contributed by atoms with Gasteiger partial charge in [0.25, 0.3) is 0 Å². The molecule has 0 aromatic carbocycles. The first-order valence-corrected chi connectivity index (χ1v) is 4.71. The number of hydrogen-bond acceptors (Lipinski definition) is 2. The van der Waals surface area contributed by atoms with Gasteiger partial charge in [0.15, 0.2) is 11.0 Å². The summed E-state index contributed by atoms with van der Waals surface area (Å²) in [5.41, 5.74) is 1.24. The van der Waals surface area contributed by atoms with Crippen molar-refractivity contribution in [3.63, 3.8) is 0 Å². The minimum Gasteiger partial charge on any atom is -0.338 e. The average molecular weight is 222 g/mol. The highest BCUT2D eigenvalue weighted by Gasteiger charge is 2.12. The standard InChI is InChI=1S/C10H5ClFN3/c11-9-8(12)7-5-2-1-3-13-10(5)15-6(7)4-14-9/h1-4H,(H,13,15). The molecule has 3 nitrogen and oxygen atoms in total. The van der Waals surface area contributed by atoms with E-state index in [0.717, 1.165) is 0 Å². The number of aromatic amines is 1. The Bertz CT molecular complexity index is 662. The molecule has 5 heteroatoms. The van der Waals surface area contributed by atoms with Gasteiger partial charge >= 0.3 is 0 Å². The van der Waals surface area contributed by atoms with E-state index in [2.05, 4.69) is 15.0 Å². The number of hydrogen-bond donors (Lipinski definition) is 1. The van der Waals surface area contributed by atoms with Crippen molar-refractivity contribution in [3.05, 3.63) is 35.5 Å². The molecule has 0 bridgehead atoms. The molecule has 1 N–H and O–H groups in total. The summed E-state index contributed by atoms with van der Waals surface area (Å²) in [5.74, 6) is -0.506. The van der Waals surface area contributed by atoms with E-state index in [1.54, 1.807) is 18.3 Å². The van der Waals surface area contributed by atoms with E-state index in [1.807, 2.05) is 0 Å². The van der Waals surface area contributed by atoms with Crippen molar-refractivity contribution in [2.24, 2.45) is 0 Å². The number of nitrogens with zero attached hydrogens (tertiary/aromatic N) is 2. The van der Waals surface area contributed by atoms with Crippen molar-refractivity contribution < 1.29 is 4.39 Å². The third-order valence-electron chi connectivity index (χ3n) is 2.31. The lowest BCUT2D eigenvalue weighted by Crippen LogP contribution is -1.82.